The minimum atomic E-state index is -0.523. The van der Waals surface area contributed by atoms with E-state index in [9.17, 15) is 19.1 Å². The van der Waals surface area contributed by atoms with Crippen LogP contribution in [0.5, 0.6) is 5.75 Å². The van der Waals surface area contributed by atoms with Crippen LogP contribution in [0.15, 0.2) is 58.1 Å². The molecule has 3 N–H and O–H groups in total. The van der Waals surface area contributed by atoms with Gasteiger partial charge in [-0.3, -0.25) is 14.6 Å². The Kier molecular flexibility index (Phi) is 6.08. The van der Waals surface area contributed by atoms with E-state index in [0.717, 1.165) is 28.5 Å². The van der Waals surface area contributed by atoms with E-state index in [1.54, 1.807) is 6.20 Å². The summed E-state index contributed by atoms with van der Waals surface area (Å²) in [5, 5.41) is 15.9. The van der Waals surface area contributed by atoms with Crippen molar-refractivity contribution in [1.29, 1.82) is 0 Å². The molecule has 31 heavy (non-hydrogen) atoms. The molecule has 3 aromatic rings. The van der Waals surface area contributed by atoms with Crippen LogP contribution in [0.1, 0.15) is 33.3 Å². The summed E-state index contributed by atoms with van der Waals surface area (Å²) in [6.07, 6.45) is 3.38. The Bertz CT molecular complexity index is 1140. The van der Waals surface area contributed by atoms with Gasteiger partial charge in [-0.05, 0) is 29.3 Å². The van der Waals surface area contributed by atoms with Crippen LogP contribution in [0.2, 0.25) is 0 Å². The minimum absolute atomic E-state index is 0.0572. The number of hydrogen-bond donors (Lipinski definition) is 3. The van der Waals surface area contributed by atoms with Gasteiger partial charge >= 0.3 is 0 Å². The van der Waals surface area contributed by atoms with Crippen molar-refractivity contribution in [2.45, 2.75) is 18.9 Å². The van der Waals surface area contributed by atoms with Crippen LogP contribution in [0.25, 0.3) is 11.1 Å². The average molecular weight is 423 g/mol. The van der Waals surface area contributed by atoms with Gasteiger partial charge in [0.1, 0.15) is 6.67 Å². The second-order valence-corrected chi connectivity index (χ2v) is 7.38. The van der Waals surface area contributed by atoms with Crippen molar-refractivity contribution in [2.75, 3.05) is 19.8 Å². The molecule has 1 atom stereocenters. The molecular weight excluding hydrogens is 401 g/mol. The highest BCUT2D eigenvalue weighted by atomic mass is 19.1. The minimum Gasteiger partial charge on any atom is -0.502 e. The predicted molar refractivity (Wildman–Crippen MR) is 113 cm³/mol. The fourth-order valence-corrected chi connectivity index (χ4v) is 3.70. The van der Waals surface area contributed by atoms with E-state index in [0.29, 0.717) is 25.1 Å². The Morgan fingerprint density at radius 1 is 1.19 bits per heavy atom. The van der Waals surface area contributed by atoms with Crippen LogP contribution in [-0.2, 0) is 13.0 Å². The molecule has 0 saturated heterocycles. The van der Waals surface area contributed by atoms with Crippen molar-refractivity contribution >= 4 is 5.91 Å². The number of rotatable bonds is 8. The van der Waals surface area contributed by atoms with Gasteiger partial charge in [-0.25, -0.2) is 4.39 Å². The van der Waals surface area contributed by atoms with Crippen LogP contribution in [0.4, 0.5) is 4.39 Å². The highest BCUT2D eigenvalue weighted by molar-refractivity contribution is 5.98. The number of carbonyl (C=O) groups is 1. The van der Waals surface area contributed by atoms with Gasteiger partial charge in [-0.1, -0.05) is 12.1 Å². The number of nitrogens with one attached hydrogen (secondary N) is 2. The summed E-state index contributed by atoms with van der Waals surface area (Å²) in [6.45, 7) is 0.481. The van der Waals surface area contributed by atoms with Gasteiger partial charge in [-0.2, -0.15) is 0 Å². The first-order valence-corrected chi connectivity index (χ1v) is 10.0. The summed E-state index contributed by atoms with van der Waals surface area (Å²) >= 11 is 0. The largest absolute Gasteiger partial charge is 0.502 e. The van der Waals surface area contributed by atoms with E-state index in [4.69, 9.17) is 4.42 Å². The Morgan fingerprint density at radius 2 is 2.03 bits per heavy atom. The molecule has 3 heterocycles. The molecule has 0 bridgehead atoms. The summed E-state index contributed by atoms with van der Waals surface area (Å²) in [7, 11) is 0. The van der Waals surface area contributed by atoms with Gasteiger partial charge in [0, 0.05) is 61.1 Å². The number of aromatic nitrogens is 1. The molecule has 0 radical (unpaired) electrons. The highest BCUT2D eigenvalue weighted by Crippen LogP contribution is 2.27. The second-order valence-electron chi connectivity index (χ2n) is 7.38. The molecule has 1 aromatic carbocycles. The summed E-state index contributed by atoms with van der Waals surface area (Å²) < 4.78 is 17.9. The molecule has 0 fully saturated rings. The smallest absolute Gasteiger partial charge is 0.251 e. The van der Waals surface area contributed by atoms with Gasteiger partial charge in [-0.15, -0.1) is 0 Å². The number of carbonyl (C=O) groups excluding carboxylic acids is 1. The SMILES string of the molecule is O=C1NCc2cc(-c3ccc(CC(CNCCF)c4occc(=O)c4O)nc3)ccc21. The third-order valence-electron chi connectivity index (χ3n) is 5.32. The number of fused-ring (bicyclic) bond motifs is 1. The molecule has 2 aromatic heterocycles. The summed E-state index contributed by atoms with van der Waals surface area (Å²) in [5.74, 6) is -0.734. The molecule has 0 aliphatic carbocycles. The molecule has 0 saturated carbocycles. The third kappa shape index (κ3) is 4.49. The molecule has 1 aliphatic heterocycles. The van der Waals surface area contributed by atoms with Crippen LogP contribution in [-0.4, -0.2) is 35.8 Å². The van der Waals surface area contributed by atoms with Crippen molar-refractivity contribution in [3.05, 3.63) is 81.7 Å². The Balaban J connectivity index is 1.54. The number of amides is 1. The lowest BCUT2D eigenvalue weighted by Crippen LogP contribution is -2.25. The lowest BCUT2D eigenvalue weighted by Gasteiger charge is -2.17. The molecular formula is C23H22FN3O4. The summed E-state index contributed by atoms with van der Waals surface area (Å²) in [6, 6.07) is 10.6. The van der Waals surface area contributed by atoms with E-state index in [-0.39, 0.29) is 18.2 Å². The first-order valence-electron chi connectivity index (χ1n) is 10.0. The van der Waals surface area contributed by atoms with Crippen molar-refractivity contribution in [2.24, 2.45) is 0 Å². The van der Waals surface area contributed by atoms with E-state index in [2.05, 4.69) is 15.6 Å². The molecule has 1 unspecified atom stereocenters. The maximum Gasteiger partial charge on any atom is 0.251 e. The van der Waals surface area contributed by atoms with E-state index >= 15 is 0 Å². The number of alkyl halides is 1. The van der Waals surface area contributed by atoms with Crippen molar-refractivity contribution in [3.63, 3.8) is 0 Å². The zero-order valence-electron chi connectivity index (χ0n) is 16.7. The van der Waals surface area contributed by atoms with Crippen molar-refractivity contribution < 1.29 is 18.7 Å². The topological polar surface area (TPSA) is 104 Å². The number of benzene rings is 1. The normalized spacial score (nSPS) is 13.6. The molecule has 160 valence electrons. The van der Waals surface area contributed by atoms with Gasteiger partial charge in [0.25, 0.3) is 5.91 Å². The van der Waals surface area contributed by atoms with Crippen LogP contribution < -0.4 is 16.1 Å². The van der Waals surface area contributed by atoms with E-state index in [1.165, 1.54) is 6.26 Å². The number of pyridine rings is 1. The molecule has 1 amide bonds. The van der Waals surface area contributed by atoms with E-state index in [1.807, 2.05) is 30.3 Å². The summed E-state index contributed by atoms with van der Waals surface area (Å²) in [4.78, 5) is 28.0. The molecule has 0 spiro atoms. The van der Waals surface area contributed by atoms with Crippen LogP contribution >= 0.6 is 0 Å². The number of halogens is 1. The quantitative estimate of drug-likeness (QED) is 0.481. The summed E-state index contributed by atoms with van der Waals surface area (Å²) in [5.41, 5.74) is 3.74. The van der Waals surface area contributed by atoms with Crippen molar-refractivity contribution in [3.8, 4) is 16.9 Å². The second kappa shape index (κ2) is 9.09. The van der Waals surface area contributed by atoms with Gasteiger partial charge < -0.3 is 20.2 Å². The first-order chi connectivity index (χ1) is 15.1. The van der Waals surface area contributed by atoms with Crippen LogP contribution in [0, 0.1) is 0 Å². The maximum atomic E-state index is 12.5. The fourth-order valence-electron chi connectivity index (χ4n) is 3.70. The van der Waals surface area contributed by atoms with Gasteiger partial charge in [0.15, 0.2) is 5.76 Å². The number of hydrogen-bond acceptors (Lipinski definition) is 6. The predicted octanol–water partition coefficient (Wildman–Crippen LogP) is 2.54. The first kappa shape index (κ1) is 20.7. The zero-order valence-corrected chi connectivity index (χ0v) is 16.7. The fraction of sp³-hybridized carbons (Fsp3) is 0.261. The van der Waals surface area contributed by atoms with Gasteiger partial charge in [0.05, 0.1) is 6.26 Å². The molecule has 8 heteroatoms. The monoisotopic (exact) mass is 423 g/mol. The number of aromatic hydroxyl groups is 1. The Hall–Kier alpha value is -3.52. The molecule has 1 aliphatic rings. The Morgan fingerprint density at radius 3 is 2.81 bits per heavy atom. The third-order valence-corrected chi connectivity index (χ3v) is 5.32. The Labute approximate surface area is 178 Å². The highest BCUT2D eigenvalue weighted by Gasteiger charge is 2.22. The maximum absolute atomic E-state index is 12.5. The average Bonchev–Trinajstić information content (AvgIpc) is 3.16. The molecule has 4 rings (SSSR count). The van der Waals surface area contributed by atoms with Crippen LogP contribution in [0.3, 0.4) is 0 Å². The lowest BCUT2D eigenvalue weighted by atomic mass is 9.97. The number of nitrogens with zero attached hydrogens (tertiary/aromatic N) is 1. The zero-order chi connectivity index (χ0) is 21.8. The molecule has 7 nitrogen and oxygen atoms in total. The standard InChI is InChI=1S/C23H22FN3O4/c24-6-7-25-11-17(22-21(29)20(28)5-8-31-22)10-18-3-1-15(12-26-18)14-2-4-19-16(9-14)13-27-23(19)30/h1-5,8-9,12,17,25,29H,6-7,10-11,13H2,(H,27,30). The lowest BCUT2D eigenvalue weighted by molar-refractivity contribution is 0.0965. The van der Waals surface area contributed by atoms with E-state index < -0.39 is 23.8 Å². The van der Waals surface area contributed by atoms with Gasteiger partial charge in [0.2, 0.25) is 11.2 Å². The van der Waals surface area contributed by atoms with Crippen molar-refractivity contribution in [1.82, 2.24) is 15.6 Å².